The largest absolute Gasteiger partial charge is 0.466 e. The minimum Gasteiger partial charge on any atom is -0.466 e. The van der Waals surface area contributed by atoms with Gasteiger partial charge in [0.25, 0.3) is 0 Å². The Kier molecular flexibility index (Phi) is 8.79. The smallest absolute Gasteiger partial charge is 0.307 e. The molecule has 140 valence electrons. The number of nitrogens with one attached hydrogen (secondary N) is 1. The summed E-state index contributed by atoms with van der Waals surface area (Å²) in [5.41, 5.74) is 5.99. The summed E-state index contributed by atoms with van der Waals surface area (Å²) in [6.45, 7) is 3.87. The molecule has 0 amide bonds. The average molecular weight is 362 g/mol. The molecule has 0 radical (unpaired) electrons. The predicted molar refractivity (Wildman–Crippen MR) is 93.2 cm³/mol. The van der Waals surface area contributed by atoms with Crippen molar-refractivity contribution in [2.75, 3.05) is 19.7 Å². The number of carbonyl (C=O) groups excluding carboxylic acids is 1. The van der Waals surface area contributed by atoms with Crippen LogP contribution in [0.2, 0.25) is 0 Å². The number of nitrogens with zero attached hydrogens (tertiary/aromatic N) is 1. The number of nitrogens with two attached hydrogens (primary N) is 1. The van der Waals surface area contributed by atoms with Gasteiger partial charge >= 0.3 is 5.97 Å². The molecule has 0 aromatic rings. The Bertz CT molecular complexity index is 382. The SMILES string of the molecule is CCOC(=O)CC(C1CCCNC1)N(O)OSC1CCCC(N)C1. The monoisotopic (exact) mass is 361 g/mol. The number of hydroxylamine groups is 2. The molecule has 0 aromatic carbocycles. The Morgan fingerprint density at radius 1 is 1.42 bits per heavy atom. The normalized spacial score (nSPS) is 29.4. The van der Waals surface area contributed by atoms with Crippen molar-refractivity contribution in [1.29, 1.82) is 0 Å². The van der Waals surface area contributed by atoms with Gasteiger partial charge in [-0.05, 0) is 58.0 Å². The molecule has 1 heterocycles. The molecule has 8 heteroatoms. The molecule has 0 bridgehead atoms. The molecular formula is C16H31N3O4S. The lowest BCUT2D eigenvalue weighted by Crippen LogP contribution is -2.46. The molecule has 4 atom stereocenters. The van der Waals surface area contributed by atoms with Gasteiger partial charge < -0.3 is 15.8 Å². The molecule has 0 aromatic heterocycles. The van der Waals surface area contributed by atoms with Crippen LogP contribution < -0.4 is 11.1 Å². The topological polar surface area (TPSA) is 97.0 Å². The van der Waals surface area contributed by atoms with Gasteiger partial charge in [-0.15, -0.1) is 0 Å². The second kappa shape index (κ2) is 10.6. The van der Waals surface area contributed by atoms with Crippen molar-refractivity contribution in [2.24, 2.45) is 11.7 Å². The highest BCUT2D eigenvalue weighted by Gasteiger charge is 2.33. The van der Waals surface area contributed by atoms with Gasteiger partial charge in [0.15, 0.2) is 0 Å². The number of hydrogen-bond donors (Lipinski definition) is 3. The second-order valence-corrected chi connectivity index (χ2v) is 7.71. The van der Waals surface area contributed by atoms with Crippen LogP contribution in [0.4, 0.5) is 0 Å². The summed E-state index contributed by atoms with van der Waals surface area (Å²) in [6.07, 6.45) is 6.19. The van der Waals surface area contributed by atoms with Crippen molar-refractivity contribution in [3.63, 3.8) is 0 Å². The molecular weight excluding hydrogens is 330 g/mol. The molecule has 2 rings (SSSR count). The van der Waals surface area contributed by atoms with E-state index in [9.17, 15) is 10.0 Å². The third kappa shape index (κ3) is 6.50. The molecule has 2 aliphatic rings. The molecule has 7 nitrogen and oxygen atoms in total. The fourth-order valence-corrected chi connectivity index (χ4v) is 4.36. The lowest BCUT2D eigenvalue weighted by atomic mass is 9.90. The summed E-state index contributed by atoms with van der Waals surface area (Å²) in [7, 11) is 0. The van der Waals surface area contributed by atoms with E-state index < -0.39 is 6.04 Å². The number of esters is 1. The summed E-state index contributed by atoms with van der Waals surface area (Å²) in [5, 5.41) is 14.9. The number of ether oxygens (including phenoxy) is 1. The van der Waals surface area contributed by atoms with Gasteiger partial charge in [-0.25, -0.2) is 4.28 Å². The van der Waals surface area contributed by atoms with Crippen molar-refractivity contribution in [3.8, 4) is 0 Å². The first-order valence-electron chi connectivity index (χ1n) is 9.03. The van der Waals surface area contributed by atoms with Crippen LogP contribution in [-0.2, 0) is 13.8 Å². The van der Waals surface area contributed by atoms with Gasteiger partial charge in [0, 0.05) is 23.3 Å². The highest BCUT2D eigenvalue weighted by atomic mass is 32.2. The Morgan fingerprint density at radius 2 is 2.25 bits per heavy atom. The van der Waals surface area contributed by atoms with Gasteiger partial charge in [0.05, 0.1) is 19.1 Å². The van der Waals surface area contributed by atoms with E-state index in [1.54, 1.807) is 6.92 Å². The fraction of sp³-hybridized carbons (Fsp3) is 0.938. The first kappa shape index (κ1) is 19.9. The van der Waals surface area contributed by atoms with Crippen molar-refractivity contribution >= 4 is 18.0 Å². The third-order valence-electron chi connectivity index (χ3n) is 4.77. The van der Waals surface area contributed by atoms with Crippen LogP contribution in [0.15, 0.2) is 0 Å². The summed E-state index contributed by atoms with van der Waals surface area (Å²) in [5.74, 6) is -0.150. The van der Waals surface area contributed by atoms with E-state index in [2.05, 4.69) is 5.32 Å². The van der Waals surface area contributed by atoms with E-state index in [0.717, 1.165) is 56.8 Å². The Hall–Kier alpha value is -0.380. The number of piperidine rings is 1. The van der Waals surface area contributed by atoms with E-state index in [1.807, 2.05) is 0 Å². The zero-order chi connectivity index (χ0) is 17.4. The average Bonchev–Trinajstić information content (AvgIpc) is 2.59. The molecule has 1 saturated heterocycles. The Morgan fingerprint density at radius 3 is 2.92 bits per heavy atom. The summed E-state index contributed by atoms with van der Waals surface area (Å²) in [6, 6.07) is -0.188. The van der Waals surface area contributed by atoms with Crippen LogP contribution in [0.25, 0.3) is 0 Å². The first-order chi connectivity index (χ1) is 11.6. The maximum absolute atomic E-state index is 11.9. The molecule has 1 aliphatic heterocycles. The minimum atomic E-state index is -0.401. The summed E-state index contributed by atoms with van der Waals surface area (Å²) >= 11 is 1.27. The van der Waals surface area contributed by atoms with Crippen molar-refractivity contribution < 1.29 is 19.0 Å². The highest BCUT2D eigenvalue weighted by Crippen LogP contribution is 2.31. The first-order valence-corrected chi connectivity index (χ1v) is 9.84. The quantitative estimate of drug-likeness (QED) is 0.342. The number of hydrogen-bond acceptors (Lipinski definition) is 8. The zero-order valence-corrected chi connectivity index (χ0v) is 15.3. The van der Waals surface area contributed by atoms with Crippen LogP contribution in [0.3, 0.4) is 0 Å². The molecule has 1 saturated carbocycles. The van der Waals surface area contributed by atoms with Gasteiger partial charge in [-0.2, -0.15) is 0 Å². The van der Waals surface area contributed by atoms with Crippen LogP contribution in [0.5, 0.6) is 0 Å². The molecule has 4 unspecified atom stereocenters. The van der Waals surface area contributed by atoms with E-state index in [-0.39, 0.29) is 29.6 Å². The van der Waals surface area contributed by atoms with E-state index in [1.165, 1.54) is 12.0 Å². The number of rotatable bonds is 8. The van der Waals surface area contributed by atoms with Crippen LogP contribution in [0.1, 0.15) is 51.9 Å². The maximum Gasteiger partial charge on any atom is 0.307 e. The summed E-state index contributed by atoms with van der Waals surface area (Å²) < 4.78 is 10.6. The highest BCUT2D eigenvalue weighted by molar-refractivity contribution is 7.95. The Labute approximate surface area is 148 Å². The summed E-state index contributed by atoms with van der Waals surface area (Å²) in [4.78, 5) is 11.9. The molecule has 4 N–H and O–H groups in total. The lowest BCUT2D eigenvalue weighted by molar-refractivity contribution is -0.309. The molecule has 2 fully saturated rings. The zero-order valence-electron chi connectivity index (χ0n) is 14.5. The fourth-order valence-electron chi connectivity index (χ4n) is 3.45. The molecule has 0 spiro atoms. The second-order valence-electron chi connectivity index (χ2n) is 6.70. The van der Waals surface area contributed by atoms with Crippen LogP contribution in [-0.4, -0.2) is 53.4 Å². The Balaban J connectivity index is 1.87. The van der Waals surface area contributed by atoms with Gasteiger partial charge in [0.1, 0.15) is 0 Å². The predicted octanol–water partition coefficient (Wildman–Crippen LogP) is 1.85. The van der Waals surface area contributed by atoms with Crippen molar-refractivity contribution in [1.82, 2.24) is 10.5 Å². The van der Waals surface area contributed by atoms with Crippen LogP contribution >= 0.6 is 12.0 Å². The molecule has 24 heavy (non-hydrogen) atoms. The molecule has 1 aliphatic carbocycles. The van der Waals surface area contributed by atoms with Gasteiger partial charge in [-0.1, -0.05) is 11.6 Å². The third-order valence-corrected chi connectivity index (χ3v) is 5.71. The van der Waals surface area contributed by atoms with Crippen molar-refractivity contribution in [2.45, 2.75) is 69.2 Å². The van der Waals surface area contributed by atoms with Gasteiger partial charge in [0.2, 0.25) is 0 Å². The van der Waals surface area contributed by atoms with Gasteiger partial charge in [-0.3, -0.25) is 10.0 Å². The van der Waals surface area contributed by atoms with Crippen molar-refractivity contribution in [3.05, 3.63) is 0 Å². The standard InChI is InChI=1S/C16H31N3O4S/c1-2-22-16(20)10-15(12-5-4-8-18-11-12)19(21)23-24-14-7-3-6-13(17)9-14/h12-15,18,21H,2-11,17H2,1H3. The lowest BCUT2D eigenvalue weighted by Gasteiger charge is -2.34. The maximum atomic E-state index is 11.9. The van der Waals surface area contributed by atoms with E-state index in [4.69, 9.17) is 14.8 Å². The van der Waals surface area contributed by atoms with E-state index in [0.29, 0.717) is 6.61 Å². The van der Waals surface area contributed by atoms with Crippen LogP contribution in [0, 0.1) is 5.92 Å². The van der Waals surface area contributed by atoms with E-state index >= 15 is 0 Å². The number of carbonyl (C=O) groups is 1. The minimum absolute atomic E-state index is 0.126.